The molecule has 1 aromatic heterocycles. The van der Waals surface area contributed by atoms with Gasteiger partial charge in [-0.2, -0.15) is 0 Å². The summed E-state index contributed by atoms with van der Waals surface area (Å²) in [6.07, 6.45) is 1.67. The minimum absolute atomic E-state index is 0.0771. The van der Waals surface area contributed by atoms with E-state index in [0.717, 1.165) is 17.0 Å². The topological polar surface area (TPSA) is 87.4 Å². The Kier molecular flexibility index (Phi) is 4.94. The zero-order valence-corrected chi connectivity index (χ0v) is 12.1. The van der Waals surface area contributed by atoms with Crippen molar-refractivity contribution in [3.8, 4) is 0 Å². The number of aromatic nitrogens is 1. The van der Waals surface area contributed by atoms with E-state index in [1.54, 1.807) is 12.3 Å². The number of oxazole rings is 1. The zero-order chi connectivity index (χ0) is 15.2. The SMILES string of the molecule is Cc1cnc(CNc2cccc(C(=O)NCCO)c2C)o1. The van der Waals surface area contributed by atoms with Gasteiger partial charge in [-0.3, -0.25) is 4.79 Å². The smallest absolute Gasteiger partial charge is 0.251 e. The van der Waals surface area contributed by atoms with Crippen molar-refractivity contribution >= 4 is 11.6 Å². The fourth-order valence-electron chi connectivity index (χ4n) is 1.99. The summed E-state index contributed by atoms with van der Waals surface area (Å²) in [5.41, 5.74) is 2.27. The molecule has 6 nitrogen and oxygen atoms in total. The van der Waals surface area contributed by atoms with E-state index in [0.29, 0.717) is 18.0 Å². The first kappa shape index (κ1) is 15.1. The van der Waals surface area contributed by atoms with Crippen LogP contribution in [-0.2, 0) is 6.54 Å². The first-order chi connectivity index (χ1) is 10.1. The van der Waals surface area contributed by atoms with Gasteiger partial charge in [0, 0.05) is 17.8 Å². The Bertz CT molecular complexity index is 622. The van der Waals surface area contributed by atoms with E-state index in [-0.39, 0.29) is 19.1 Å². The van der Waals surface area contributed by atoms with Crippen LogP contribution in [0.15, 0.2) is 28.8 Å². The van der Waals surface area contributed by atoms with Gasteiger partial charge in [-0.25, -0.2) is 4.98 Å². The number of aliphatic hydroxyl groups excluding tert-OH is 1. The molecule has 0 saturated heterocycles. The molecule has 0 spiro atoms. The predicted octanol–water partition coefficient (Wildman–Crippen LogP) is 1.63. The maximum absolute atomic E-state index is 12.0. The number of amides is 1. The number of carbonyl (C=O) groups is 1. The third-order valence-electron chi connectivity index (χ3n) is 3.07. The fourth-order valence-corrected chi connectivity index (χ4v) is 1.99. The summed E-state index contributed by atoms with van der Waals surface area (Å²) in [5, 5.41) is 14.6. The average molecular weight is 289 g/mol. The Morgan fingerprint density at radius 3 is 2.86 bits per heavy atom. The number of aliphatic hydroxyl groups is 1. The van der Waals surface area contributed by atoms with Gasteiger partial charge < -0.3 is 20.2 Å². The lowest BCUT2D eigenvalue weighted by Crippen LogP contribution is -2.27. The number of rotatable bonds is 6. The van der Waals surface area contributed by atoms with Crippen molar-refractivity contribution in [2.75, 3.05) is 18.5 Å². The van der Waals surface area contributed by atoms with Crippen molar-refractivity contribution in [1.29, 1.82) is 0 Å². The molecular weight excluding hydrogens is 270 g/mol. The molecule has 2 rings (SSSR count). The van der Waals surface area contributed by atoms with Crippen LogP contribution >= 0.6 is 0 Å². The molecule has 3 N–H and O–H groups in total. The normalized spacial score (nSPS) is 10.4. The first-order valence-electron chi connectivity index (χ1n) is 6.75. The third-order valence-corrected chi connectivity index (χ3v) is 3.07. The average Bonchev–Trinajstić information content (AvgIpc) is 2.89. The van der Waals surface area contributed by atoms with Crippen molar-refractivity contribution < 1.29 is 14.3 Å². The predicted molar refractivity (Wildman–Crippen MR) is 79.2 cm³/mol. The van der Waals surface area contributed by atoms with E-state index in [1.807, 2.05) is 26.0 Å². The van der Waals surface area contributed by atoms with Crippen LogP contribution in [0.25, 0.3) is 0 Å². The van der Waals surface area contributed by atoms with Gasteiger partial charge in [-0.05, 0) is 31.5 Å². The maximum atomic E-state index is 12.0. The quantitative estimate of drug-likeness (QED) is 0.752. The van der Waals surface area contributed by atoms with Crippen LogP contribution in [0, 0.1) is 13.8 Å². The van der Waals surface area contributed by atoms with Gasteiger partial charge in [0.05, 0.1) is 19.3 Å². The van der Waals surface area contributed by atoms with Gasteiger partial charge in [-0.1, -0.05) is 6.07 Å². The van der Waals surface area contributed by atoms with Crippen LogP contribution in [0.4, 0.5) is 5.69 Å². The molecule has 0 aliphatic rings. The van der Waals surface area contributed by atoms with Gasteiger partial charge in [0.15, 0.2) is 0 Å². The van der Waals surface area contributed by atoms with E-state index in [9.17, 15) is 4.79 Å². The lowest BCUT2D eigenvalue weighted by molar-refractivity contribution is 0.0944. The minimum atomic E-state index is -0.197. The van der Waals surface area contributed by atoms with E-state index >= 15 is 0 Å². The molecule has 0 saturated carbocycles. The molecule has 0 fully saturated rings. The summed E-state index contributed by atoms with van der Waals surface area (Å²) < 4.78 is 5.40. The van der Waals surface area contributed by atoms with Crippen molar-refractivity contribution in [2.24, 2.45) is 0 Å². The van der Waals surface area contributed by atoms with Crippen molar-refractivity contribution in [3.63, 3.8) is 0 Å². The van der Waals surface area contributed by atoms with E-state index in [4.69, 9.17) is 9.52 Å². The minimum Gasteiger partial charge on any atom is -0.444 e. The van der Waals surface area contributed by atoms with E-state index < -0.39 is 0 Å². The maximum Gasteiger partial charge on any atom is 0.251 e. The van der Waals surface area contributed by atoms with Gasteiger partial charge in [-0.15, -0.1) is 0 Å². The fraction of sp³-hybridized carbons (Fsp3) is 0.333. The van der Waals surface area contributed by atoms with Crippen LogP contribution < -0.4 is 10.6 Å². The number of hydrogen-bond donors (Lipinski definition) is 3. The van der Waals surface area contributed by atoms with Crippen molar-refractivity contribution in [1.82, 2.24) is 10.3 Å². The highest BCUT2D eigenvalue weighted by Gasteiger charge is 2.11. The highest BCUT2D eigenvalue weighted by molar-refractivity contribution is 5.97. The number of nitrogens with zero attached hydrogens (tertiary/aromatic N) is 1. The van der Waals surface area contributed by atoms with Gasteiger partial charge in [0.1, 0.15) is 5.76 Å². The number of aryl methyl sites for hydroxylation is 1. The Balaban J connectivity index is 2.08. The second kappa shape index (κ2) is 6.90. The number of hydrogen-bond acceptors (Lipinski definition) is 5. The molecule has 0 unspecified atom stereocenters. The highest BCUT2D eigenvalue weighted by atomic mass is 16.4. The standard InChI is InChI=1S/C15H19N3O3/c1-10-8-18-14(21-10)9-17-13-5-3-4-12(11(13)2)15(20)16-6-7-19/h3-5,8,17,19H,6-7,9H2,1-2H3,(H,16,20). The van der Waals surface area contributed by atoms with E-state index in [2.05, 4.69) is 15.6 Å². The molecule has 21 heavy (non-hydrogen) atoms. The number of nitrogens with one attached hydrogen (secondary N) is 2. The second-order valence-electron chi connectivity index (χ2n) is 4.68. The van der Waals surface area contributed by atoms with E-state index in [1.165, 1.54) is 0 Å². The Morgan fingerprint density at radius 1 is 1.38 bits per heavy atom. The zero-order valence-electron chi connectivity index (χ0n) is 12.1. The van der Waals surface area contributed by atoms with Crippen molar-refractivity contribution in [3.05, 3.63) is 47.2 Å². The van der Waals surface area contributed by atoms with Gasteiger partial charge in [0.2, 0.25) is 5.89 Å². The van der Waals surface area contributed by atoms with Crippen LogP contribution in [0.2, 0.25) is 0 Å². The summed E-state index contributed by atoms with van der Waals surface area (Å²) in [6.45, 7) is 4.33. The summed E-state index contributed by atoms with van der Waals surface area (Å²) in [6, 6.07) is 5.46. The number of benzene rings is 1. The van der Waals surface area contributed by atoms with Gasteiger partial charge in [0.25, 0.3) is 5.91 Å². The molecule has 1 amide bonds. The number of carbonyl (C=O) groups excluding carboxylic acids is 1. The lowest BCUT2D eigenvalue weighted by atomic mass is 10.1. The molecular formula is C15H19N3O3. The molecule has 6 heteroatoms. The van der Waals surface area contributed by atoms with Crippen LogP contribution in [-0.4, -0.2) is 29.1 Å². The van der Waals surface area contributed by atoms with Gasteiger partial charge >= 0.3 is 0 Å². The summed E-state index contributed by atoms with van der Waals surface area (Å²) >= 11 is 0. The molecule has 0 aliphatic heterocycles. The molecule has 112 valence electrons. The molecule has 0 radical (unpaired) electrons. The number of anilines is 1. The van der Waals surface area contributed by atoms with Crippen LogP contribution in [0.5, 0.6) is 0 Å². The Morgan fingerprint density at radius 2 is 2.19 bits per heavy atom. The van der Waals surface area contributed by atoms with Crippen molar-refractivity contribution in [2.45, 2.75) is 20.4 Å². The second-order valence-corrected chi connectivity index (χ2v) is 4.68. The molecule has 0 atom stereocenters. The molecule has 1 aromatic carbocycles. The monoisotopic (exact) mass is 289 g/mol. The van der Waals surface area contributed by atoms with Crippen LogP contribution in [0.1, 0.15) is 27.6 Å². The van der Waals surface area contributed by atoms with Crippen LogP contribution in [0.3, 0.4) is 0 Å². The first-order valence-corrected chi connectivity index (χ1v) is 6.75. The summed E-state index contributed by atoms with van der Waals surface area (Å²) in [4.78, 5) is 16.1. The highest BCUT2D eigenvalue weighted by Crippen LogP contribution is 2.19. The third kappa shape index (κ3) is 3.82. The molecule has 2 aromatic rings. The lowest BCUT2D eigenvalue weighted by Gasteiger charge is -2.12. The largest absolute Gasteiger partial charge is 0.444 e. The summed E-state index contributed by atoms with van der Waals surface area (Å²) in [5.74, 6) is 1.17. The summed E-state index contributed by atoms with van der Waals surface area (Å²) in [7, 11) is 0. The Labute approximate surface area is 123 Å². The molecule has 0 aliphatic carbocycles. The molecule has 1 heterocycles. The Hall–Kier alpha value is -2.34. The molecule has 0 bridgehead atoms.